The fourth-order valence-corrected chi connectivity index (χ4v) is 5.54. The van der Waals surface area contributed by atoms with E-state index in [0.29, 0.717) is 0 Å². The van der Waals surface area contributed by atoms with Gasteiger partial charge in [0.05, 0.1) is 11.0 Å². The van der Waals surface area contributed by atoms with E-state index in [4.69, 9.17) is 11.6 Å². The van der Waals surface area contributed by atoms with Crippen molar-refractivity contribution in [2.45, 2.75) is 0 Å². The van der Waals surface area contributed by atoms with Crippen LogP contribution in [0.5, 0.6) is 0 Å². The zero-order valence-corrected chi connectivity index (χ0v) is 20.3. The number of nitrogens with zero attached hydrogens (tertiary/aromatic N) is 1. The van der Waals surface area contributed by atoms with Gasteiger partial charge in [0.15, 0.2) is 0 Å². The minimum atomic E-state index is 0.742. The standard InChI is InChI=1S/C34H22ClN/c35-27-18-20-28(21-19-27)36-31-12-5-4-10-30(31)34-32(36)22-17-26-9-6-11-29(33(26)34)25-15-13-24(14-16-25)23-7-2-1-3-8-23/h1-22H. The Morgan fingerprint density at radius 3 is 1.94 bits per heavy atom. The van der Waals surface area contributed by atoms with Crippen LogP contribution < -0.4 is 0 Å². The van der Waals surface area contributed by atoms with Crippen LogP contribution in [-0.4, -0.2) is 4.57 Å². The predicted octanol–water partition coefficient (Wildman–Crippen LogP) is 9.92. The Bertz CT molecular complexity index is 1860. The minimum absolute atomic E-state index is 0.742. The highest BCUT2D eigenvalue weighted by Gasteiger charge is 2.17. The SMILES string of the molecule is Clc1ccc(-n2c3ccccc3c3c4c(-c5ccc(-c6ccccc6)cc5)cccc4ccc32)cc1. The lowest BCUT2D eigenvalue weighted by Crippen LogP contribution is -1.93. The van der Waals surface area contributed by atoms with Gasteiger partial charge in [-0.3, -0.25) is 0 Å². The number of fused-ring (bicyclic) bond motifs is 5. The first kappa shape index (κ1) is 21.0. The first-order chi connectivity index (χ1) is 17.8. The molecule has 0 unspecified atom stereocenters. The molecule has 0 spiro atoms. The Labute approximate surface area is 214 Å². The lowest BCUT2D eigenvalue weighted by molar-refractivity contribution is 1.18. The maximum absolute atomic E-state index is 6.22. The lowest BCUT2D eigenvalue weighted by Gasteiger charge is -2.11. The molecular weight excluding hydrogens is 458 g/mol. The van der Waals surface area contributed by atoms with Gasteiger partial charge in [-0.2, -0.15) is 0 Å². The number of para-hydroxylation sites is 1. The van der Waals surface area contributed by atoms with Crippen molar-refractivity contribution < 1.29 is 0 Å². The van der Waals surface area contributed by atoms with Gasteiger partial charge < -0.3 is 4.57 Å². The molecular formula is C34H22ClN. The molecule has 2 heteroatoms. The van der Waals surface area contributed by atoms with Crippen LogP contribution in [0.25, 0.3) is 60.5 Å². The fraction of sp³-hybridized carbons (Fsp3) is 0. The Hall–Kier alpha value is -4.33. The summed E-state index contributed by atoms with van der Waals surface area (Å²) in [7, 11) is 0. The molecule has 0 aliphatic rings. The van der Waals surface area contributed by atoms with Crippen LogP contribution in [0.3, 0.4) is 0 Å². The predicted molar refractivity (Wildman–Crippen MR) is 154 cm³/mol. The first-order valence-corrected chi connectivity index (χ1v) is 12.5. The second-order valence-electron chi connectivity index (χ2n) is 9.14. The summed E-state index contributed by atoms with van der Waals surface area (Å²) in [6.07, 6.45) is 0. The van der Waals surface area contributed by atoms with Crippen molar-refractivity contribution in [3.63, 3.8) is 0 Å². The van der Waals surface area contributed by atoms with E-state index < -0.39 is 0 Å². The van der Waals surface area contributed by atoms with E-state index in [9.17, 15) is 0 Å². The summed E-state index contributed by atoms with van der Waals surface area (Å²) in [6.45, 7) is 0. The summed E-state index contributed by atoms with van der Waals surface area (Å²) in [6, 6.07) is 47.3. The van der Waals surface area contributed by atoms with Crippen molar-refractivity contribution in [1.29, 1.82) is 0 Å². The molecule has 170 valence electrons. The molecule has 1 heterocycles. The molecule has 0 N–H and O–H groups in total. The molecule has 1 aromatic heterocycles. The average Bonchev–Trinajstić information content (AvgIpc) is 3.28. The highest BCUT2D eigenvalue weighted by Crippen LogP contribution is 2.41. The quantitative estimate of drug-likeness (QED) is 0.237. The molecule has 0 saturated heterocycles. The van der Waals surface area contributed by atoms with Crippen LogP contribution in [-0.2, 0) is 0 Å². The minimum Gasteiger partial charge on any atom is -0.309 e. The molecule has 0 fully saturated rings. The van der Waals surface area contributed by atoms with Gasteiger partial charge in [0.1, 0.15) is 0 Å². The molecule has 0 saturated carbocycles. The number of rotatable bonds is 3. The van der Waals surface area contributed by atoms with Crippen molar-refractivity contribution >= 4 is 44.2 Å². The molecule has 0 bridgehead atoms. The summed E-state index contributed by atoms with van der Waals surface area (Å²) < 4.78 is 2.34. The van der Waals surface area contributed by atoms with Crippen LogP contribution in [0.15, 0.2) is 133 Å². The van der Waals surface area contributed by atoms with E-state index in [1.165, 1.54) is 54.8 Å². The molecule has 0 atom stereocenters. The van der Waals surface area contributed by atoms with Crippen LogP contribution in [0.1, 0.15) is 0 Å². The maximum atomic E-state index is 6.22. The van der Waals surface area contributed by atoms with Gasteiger partial charge in [-0.05, 0) is 69.4 Å². The van der Waals surface area contributed by atoms with E-state index in [0.717, 1.165) is 10.7 Å². The number of benzene rings is 6. The molecule has 0 aliphatic heterocycles. The van der Waals surface area contributed by atoms with E-state index >= 15 is 0 Å². The number of halogens is 1. The zero-order valence-electron chi connectivity index (χ0n) is 19.5. The summed E-state index contributed by atoms with van der Waals surface area (Å²) in [5.74, 6) is 0. The van der Waals surface area contributed by atoms with Crippen molar-refractivity contribution in [2.24, 2.45) is 0 Å². The Morgan fingerprint density at radius 2 is 1.14 bits per heavy atom. The third kappa shape index (κ3) is 3.32. The average molecular weight is 480 g/mol. The Balaban J connectivity index is 1.52. The third-order valence-corrected chi connectivity index (χ3v) is 7.32. The topological polar surface area (TPSA) is 4.93 Å². The summed E-state index contributed by atoms with van der Waals surface area (Å²) >= 11 is 6.22. The van der Waals surface area contributed by atoms with E-state index in [2.05, 4.69) is 126 Å². The zero-order chi connectivity index (χ0) is 24.1. The summed E-state index contributed by atoms with van der Waals surface area (Å²) in [4.78, 5) is 0. The number of hydrogen-bond acceptors (Lipinski definition) is 0. The molecule has 36 heavy (non-hydrogen) atoms. The highest BCUT2D eigenvalue weighted by molar-refractivity contribution is 6.30. The van der Waals surface area contributed by atoms with Crippen molar-refractivity contribution in [3.05, 3.63) is 138 Å². The van der Waals surface area contributed by atoms with Gasteiger partial charge in [0, 0.05) is 21.5 Å². The molecule has 1 nitrogen and oxygen atoms in total. The van der Waals surface area contributed by atoms with Crippen molar-refractivity contribution in [3.8, 4) is 27.9 Å². The smallest absolute Gasteiger partial charge is 0.0547 e. The maximum Gasteiger partial charge on any atom is 0.0547 e. The van der Waals surface area contributed by atoms with Gasteiger partial charge in [0.25, 0.3) is 0 Å². The first-order valence-electron chi connectivity index (χ1n) is 12.1. The van der Waals surface area contributed by atoms with E-state index in [-0.39, 0.29) is 0 Å². The van der Waals surface area contributed by atoms with Gasteiger partial charge in [0.2, 0.25) is 0 Å². The second-order valence-corrected chi connectivity index (χ2v) is 9.57. The summed E-state index contributed by atoms with van der Waals surface area (Å²) in [5.41, 5.74) is 8.41. The van der Waals surface area contributed by atoms with E-state index in [1.807, 2.05) is 12.1 Å². The Morgan fingerprint density at radius 1 is 0.444 bits per heavy atom. The van der Waals surface area contributed by atoms with Gasteiger partial charge >= 0.3 is 0 Å². The normalized spacial score (nSPS) is 11.5. The highest BCUT2D eigenvalue weighted by atomic mass is 35.5. The Kier molecular flexibility index (Phi) is 4.90. The molecule has 7 aromatic rings. The van der Waals surface area contributed by atoms with Gasteiger partial charge in [-0.1, -0.05) is 109 Å². The molecule has 0 aliphatic carbocycles. The number of aromatic nitrogens is 1. The lowest BCUT2D eigenvalue weighted by atomic mass is 9.93. The molecule has 0 radical (unpaired) electrons. The van der Waals surface area contributed by atoms with E-state index in [1.54, 1.807) is 0 Å². The number of hydrogen-bond donors (Lipinski definition) is 0. The van der Waals surface area contributed by atoms with Crippen LogP contribution in [0.2, 0.25) is 5.02 Å². The van der Waals surface area contributed by atoms with Gasteiger partial charge in [-0.25, -0.2) is 0 Å². The molecule has 7 rings (SSSR count). The van der Waals surface area contributed by atoms with Crippen molar-refractivity contribution in [1.82, 2.24) is 4.57 Å². The van der Waals surface area contributed by atoms with Crippen LogP contribution in [0.4, 0.5) is 0 Å². The monoisotopic (exact) mass is 479 g/mol. The molecule has 0 amide bonds. The van der Waals surface area contributed by atoms with Gasteiger partial charge in [-0.15, -0.1) is 0 Å². The van der Waals surface area contributed by atoms with Crippen molar-refractivity contribution in [2.75, 3.05) is 0 Å². The fourth-order valence-electron chi connectivity index (χ4n) is 5.42. The third-order valence-electron chi connectivity index (χ3n) is 7.07. The largest absolute Gasteiger partial charge is 0.309 e. The second kappa shape index (κ2) is 8.41. The molecule has 6 aromatic carbocycles. The van der Waals surface area contributed by atoms with Crippen LogP contribution in [0, 0.1) is 0 Å². The summed E-state index contributed by atoms with van der Waals surface area (Å²) in [5, 5.41) is 5.80. The van der Waals surface area contributed by atoms with Crippen LogP contribution >= 0.6 is 11.6 Å².